The van der Waals surface area contributed by atoms with Gasteiger partial charge in [-0.1, -0.05) is 31.9 Å². The Kier molecular flexibility index (Phi) is 4.65. The summed E-state index contributed by atoms with van der Waals surface area (Å²) in [5, 5.41) is 3.69. The average molecular weight is 246 g/mol. The highest BCUT2D eigenvalue weighted by Crippen LogP contribution is 2.37. The van der Waals surface area contributed by atoms with Gasteiger partial charge >= 0.3 is 0 Å². The third kappa shape index (κ3) is 3.74. The van der Waals surface area contributed by atoms with Crippen LogP contribution in [0.2, 0.25) is 0 Å². The lowest BCUT2D eigenvalue weighted by Gasteiger charge is -2.20. The van der Waals surface area contributed by atoms with Gasteiger partial charge in [0.1, 0.15) is 0 Å². The molecule has 0 aromatic heterocycles. The van der Waals surface area contributed by atoms with Gasteiger partial charge in [-0.3, -0.25) is 0 Å². The molecule has 0 amide bonds. The van der Waals surface area contributed by atoms with Gasteiger partial charge in [0.2, 0.25) is 0 Å². The van der Waals surface area contributed by atoms with Crippen molar-refractivity contribution in [3.8, 4) is 0 Å². The zero-order valence-corrected chi connectivity index (χ0v) is 11.9. The van der Waals surface area contributed by atoms with Crippen LogP contribution in [0.1, 0.15) is 44.2 Å². The first kappa shape index (κ1) is 13.4. The second kappa shape index (κ2) is 6.24. The van der Waals surface area contributed by atoms with Gasteiger partial charge in [-0.15, -0.1) is 0 Å². The second-order valence-electron chi connectivity index (χ2n) is 5.67. The van der Waals surface area contributed by atoms with E-state index < -0.39 is 0 Å². The third-order valence-corrected chi connectivity index (χ3v) is 3.72. The van der Waals surface area contributed by atoms with Crippen LogP contribution in [0.15, 0.2) is 24.3 Å². The van der Waals surface area contributed by atoms with Crippen LogP contribution in [0.25, 0.3) is 0 Å². The molecule has 1 aliphatic rings. The van der Waals surface area contributed by atoms with Gasteiger partial charge in [0.25, 0.3) is 0 Å². The number of anilines is 1. The molecule has 1 N–H and O–H groups in total. The van der Waals surface area contributed by atoms with E-state index in [2.05, 4.69) is 55.5 Å². The molecule has 100 valence electrons. The summed E-state index contributed by atoms with van der Waals surface area (Å²) in [5.41, 5.74) is 2.72. The Morgan fingerprint density at radius 1 is 1.22 bits per heavy atom. The highest BCUT2D eigenvalue weighted by molar-refractivity contribution is 5.46. The zero-order valence-electron chi connectivity index (χ0n) is 11.9. The van der Waals surface area contributed by atoms with E-state index in [4.69, 9.17) is 0 Å². The lowest BCUT2D eigenvalue weighted by molar-refractivity contribution is 0.474. The molecule has 2 rings (SSSR count). The zero-order chi connectivity index (χ0) is 13.0. The van der Waals surface area contributed by atoms with Crippen molar-refractivity contribution in [2.75, 3.05) is 25.5 Å². The summed E-state index contributed by atoms with van der Waals surface area (Å²) in [4.78, 5) is 2.15. The quantitative estimate of drug-likeness (QED) is 0.791. The summed E-state index contributed by atoms with van der Waals surface area (Å²) in [5.74, 6) is 0.966. The van der Waals surface area contributed by atoms with Crippen LogP contribution in [0.5, 0.6) is 0 Å². The van der Waals surface area contributed by atoms with E-state index in [0.717, 1.165) is 12.5 Å². The van der Waals surface area contributed by atoms with E-state index in [1.165, 1.54) is 36.9 Å². The van der Waals surface area contributed by atoms with Crippen LogP contribution in [0.3, 0.4) is 0 Å². The van der Waals surface area contributed by atoms with Crippen molar-refractivity contribution in [2.45, 2.75) is 38.6 Å². The highest BCUT2D eigenvalue weighted by atomic mass is 15.1. The molecule has 1 saturated carbocycles. The molecule has 0 spiro atoms. The number of hydrogen-bond acceptors (Lipinski definition) is 2. The third-order valence-electron chi connectivity index (χ3n) is 3.72. The minimum absolute atomic E-state index is 0.550. The summed E-state index contributed by atoms with van der Waals surface area (Å²) < 4.78 is 0. The molecule has 1 aromatic carbocycles. The SMILES string of the molecule is CCCNC(CC1CC1)c1ccc(N(C)C)cc1. The van der Waals surface area contributed by atoms with Gasteiger partial charge in [-0.2, -0.15) is 0 Å². The van der Waals surface area contributed by atoms with Crippen LogP contribution in [-0.2, 0) is 0 Å². The summed E-state index contributed by atoms with van der Waals surface area (Å²) in [6.07, 6.45) is 5.37. The van der Waals surface area contributed by atoms with Crippen LogP contribution in [0.4, 0.5) is 5.69 Å². The van der Waals surface area contributed by atoms with Crippen molar-refractivity contribution in [2.24, 2.45) is 5.92 Å². The Labute approximate surface area is 111 Å². The molecule has 2 heteroatoms. The Morgan fingerprint density at radius 2 is 1.89 bits per heavy atom. The molecule has 1 fully saturated rings. The van der Waals surface area contributed by atoms with Crippen LogP contribution in [-0.4, -0.2) is 20.6 Å². The van der Waals surface area contributed by atoms with Crippen molar-refractivity contribution >= 4 is 5.69 Å². The largest absolute Gasteiger partial charge is 0.378 e. The lowest BCUT2D eigenvalue weighted by Crippen LogP contribution is -2.22. The number of nitrogens with one attached hydrogen (secondary N) is 1. The molecule has 18 heavy (non-hydrogen) atoms. The van der Waals surface area contributed by atoms with Gasteiger partial charge in [0.15, 0.2) is 0 Å². The number of rotatable bonds is 7. The Hall–Kier alpha value is -1.02. The average Bonchev–Trinajstić information content (AvgIpc) is 3.18. The molecule has 0 heterocycles. The molecule has 0 radical (unpaired) electrons. The fourth-order valence-corrected chi connectivity index (χ4v) is 2.35. The number of nitrogens with zero attached hydrogens (tertiary/aromatic N) is 1. The second-order valence-corrected chi connectivity index (χ2v) is 5.67. The van der Waals surface area contributed by atoms with Gasteiger partial charge in [-0.05, 0) is 43.0 Å². The van der Waals surface area contributed by atoms with Crippen LogP contribution < -0.4 is 10.2 Å². The topological polar surface area (TPSA) is 15.3 Å². The van der Waals surface area contributed by atoms with Gasteiger partial charge in [0, 0.05) is 25.8 Å². The van der Waals surface area contributed by atoms with E-state index in [9.17, 15) is 0 Å². The van der Waals surface area contributed by atoms with Crippen molar-refractivity contribution in [3.05, 3.63) is 29.8 Å². The molecule has 1 aliphatic carbocycles. The Morgan fingerprint density at radius 3 is 2.39 bits per heavy atom. The van der Waals surface area contributed by atoms with Crippen molar-refractivity contribution in [3.63, 3.8) is 0 Å². The maximum Gasteiger partial charge on any atom is 0.0361 e. The number of benzene rings is 1. The fraction of sp³-hybridized carbons (Fsp3) is 0.625. The van der Waals surface area contributed by atoms with E-state index in [1.807, 2.05) is 0 Å². The molecular weight excluding hydrogens is 220 g/mol. The van der Waals surface area contributed by atoms with E-state index in [0.29, 0.717) is 6.04 Å². The van der Waals surface area contributed by atoms with Crippen molar-refractivity contribution in [1.29, 1.82) is 0 Å². The van der Waals surface area contributed by atoms with Gasteiger partial charge in [0.05, 0.1) is 0 Å². The first-order valence-corrected chi connectivity index (χ1v) is 7.21. The fourth-order valence-electron chi connectivity index (χ4n) is 2.35. The maximum absolute atomic E-state index is 3.69. The molecule has 0 bridgehead atoms. The summed E-state index contributed by atoms with van der Waals surface area (Å²) in [6, 6.07) is 9.57. The van der Waals surface area contributed by atoms with Crippen LogP contribution >= 0.6 is 0 Å². The minimum Gasteiger partial charge on any atom is -0.378 e. The summed E-state index contributed by atoms with van der Waals surface area (Å²) >= 11 is 0. The maximum atomic E-state index is 3.69. The first-order valence-electron chi connectivity index (χ1n) is 7.21. The Balaban J connectivity index is 2.02. The predicted molar refractivity (Wildman–Crippen MR) is 79.1 cm³/mol. The monoisotopic (exact) mass is 246 g/mol. The highest BCUT2D eigenvalue weighted by Gasteiger charge is 2.25. The van der Waals surface area contributed by atoms with Crippen molar-refractivity contribution in [1.82, 2.24) is 5.32 Å². The summed E-state index contributed by atoms with van der Waals surface area (Å²) in [7, 11) is 4.18. The molecule has 1 unspecified atom stereocenters. The van der Waals surface area contributed by atoms with Gasteiger partial charge < -0.3 is 10.2 Å². The smallest absolute Gasteiger partial charge is 0.0361 e. The predicted octanol–water partition coefficient (Wildman–Crippen LogP) is 3.59. The van der Waals surface area contributed by atoms with Crippen LogP contribution in [0, 0.1) is 5.92 Å². The summed E-state index contributed by atoms with van der Waals surface area (Å²) in [6.45, 7) is 3.35. The first-order chi connectivity index (χ1) is 8.70. The van der Waals surface area contributed by atoms with Gasteiger partial charge in [-0.25, -0.2) is 0 Å². The molecule has 2 nitrogen and oxygen atoms in total. The number of hydrogen-bond donors (Lipinski definition) is 1. The molecule has 0 aliphatic heterocycles. The normalized spacial score (nSPS) is 16.6. The lowest BCUT2D eigenvalue weighted by atomic mass is 10.0. The Bertz CT molecular complexity index is 352. The molecular formula is C16H26N2. The molecule has 1 aromatic rings. The molecule has 0 saturated heterocycles. The standard InChI is InChI=1S/C16H26N2/c1-4-11-17-16(12-13-5-6-13)14-7-9-15(10-8-14)18(2)3/h7-10,13,16-17H,4-6,11-12H2,1-3H3. The van der Waals surface area contributed by atoms with E-state index >= 15 is 0 Å². The molecule has 1 atom stereocenters. The van der Waals surface area contributed by atoms with E-state index in [1.54, 1.807) is 0 Å². The minimum atomic E-state index is 0.550. The van der Waals surface area contributed by atoms with E-state index in [-0.39, 0.29) is 0 Å². The van der Waals surface area contributed by atoms with Crippen molar-refractivity contribution < 1.29 is 0 Å².